The molecule has 0 amide bonds. The molecule has 0 saturated heterocycles. The fourth-order valence-electron chi connectivity index (χ4n) is 1.66. The summed E-state index contributed by atoms with van der Waals surface area (Å²) in [6, 6.07) is 10.2. The first kappa shape index (κ1) is 10.8. The highest BCUT2D eigenvalue weighted by atomic mass is 32.2. The largest absolute Gasteiger partial charge is 0.364 e. The van der Waals surface area contributed by atoms with Crippen LogP contribution in [0.2, 0.25) is 0 Å². The first-order valence-electron chi connectivity index (χ1n) is 4.87. The van der Waals surface area contributed by atoms with Gasteiger partial charge in [0.05, 0.1) is 24.0 Å². The third-order valence-electron chi connectivity index (χ3n) is 2.42. The molecule has 1 aromatic carbocycles. The molecule has 0 bridgehead atoms. The predicted molar refractivity (Wildman–Crippen MR) is 66.3 cm³/mol. The number of nitriles is 1. The lowest BCUT2D eigenvalue weighted by Crippen LogP contribution is -2.24. The first-order valence-corrected chi connectivity index (χ1v) is 6.10. The van der Waals surface area contributed by atoms with E-state index in [1.165, 1.54) is 4.90 Å². The standard InChI is InChI=1S/C12H11N3S/c1-16-11-5-3-2-4-10(11)12-9(6-13)7-14-8-15-12/h2-5,7-8,12H,1H3,(H,14,15). The Morgan fingerprint density at radius 2 is 2.25 bits per heavy atom. The molecule has 16 heavy (non-hydrogen) atoms. The molecule has 0 fully saturated rings. The molecule has 1 unspecified atom stereocenters. The van der Waals surface area contributed by atoms with Crippen molar-refractivity contribution in [3.05, 3.63) is 41.6 Å². The van der Waals surface area contributed by atoms with Crippen LogP contribution in [-0.2, 0) is 0 Å². The molecule has 1 heterocycles. The second kappa shape index (κ2) is 4.86. The van der Waals surface area contributed by atoms with Gasteiger partial charge in [-0.25, -0.2) is 4.99 Å². The molecule has 3 nitrogen and oxygen atoms in total. The van der Waals surface area contributed by atoms with Crippen LogP contribution >= 0.6 is 11.8 Å². The maximum Gasteiger partial charge on any atom is 0.0989 e. The van der Waals surface area contributed by atoms with Crippen LogP contribution in [0.3, 0.4) is 0 Å². The molecular weight excluding hydrogens is 218 g/mol. The number of hydrogen-bond acceptors (Lipinski definition) is 4. The number of thioether (sulfide) groups is 1. The topological polar surface area (TPSA) is 48.2 Å². The van der Waals surface area contributed by atoms with Crippen LogP contribution in [0, 0.1) is 11.3 Å². The monoisotopic (exact) mass is 229 g/mol. The maximum absolute atomic E-state index is 9.05. The number of hydrogen-bond donors (Lipinski definition) is 1. The van der Waals surface area contributed by atoms with Crippen molar-refractivity contribution >= 4 is 18.1 Å². The summed E-state index contributed by atoms with van der Waals surface area (Å²) in [4.78, 5) is 5.11. The van der Waals surface area contributed by atoms with E-state index in [4.69, 9.17) is 5.26 Å². The van der Waals surface area contributed by atoms with Crippen molar-refractivity contribution < 1.29 is 0 Å². The number of rotatable bonds is 2. The SMILES string of the molecule is CSc1ccccc1C1NC=NC=C1C#N. The van der Waals surface area contributed by atoms with Crippen LogP contribution in [0.25, 0.3) is 0 Å². The van der Waals surface area contributed by atoms with Crippen molar-refractivity contribution in [2.24, 2.45) is 4.99 Å². The fourth-order valence-corrected chi connectivity index (χ4v) is 2.29. The van der Waals surface area contributed by atoms with E-state index < -0.39 is 0 Å². The molecule has 0 aromatic heterocycles. The van der Waals surface area contributed by atoms with E-state index in [0.717, 1.165) is 5.56 Å². The lowest BCUT2D eigenvalue weighted by molar-refractivity contribution is 0.746. The molecular formula is C12H11N3S. The minimum Gasteiger partial charge on any atom is -0.364 e. The molecule has 80 valence electrons. The average molecular weight is 229 g/mol. The molecule has 1 aliphatic heterocycles. The van der Waals surface area contributed by atoms with E-state index in [1.54, 1.807) is 24.3 Å². The normalized spacial score (nSPS) is 18.5. The quantitative estimate of drug-likeness (QED) is 0.793. The number of aliphatic imine (C=N–C) groups is 1. The molecule has 1 N–H and O–H groups in total. The molecule has 2 rings (SSSR count). The zero-order chi connectivity index (χ0) is 11.4. The molecule has 1 aromatic rings. The molecule has 0 spiro atoms. The Kier molecular flexibility index (Phi) is 3.28. The Hall–Kier alpha value is -1.73. The van der Waals surface area contributed by atoms with Crippen molar-refractivity contribution in [3.8, 4) is 6.07 Å². The van der Waals surface area contributed by atoms with Crippen molar-refractivity contribution in [1.29, 1.82) is 5.26 Å². The van der Waals surface area contributed by atoms with Crippen molar-refractivity contribution in [1.82, 2.24) is 5.32 Å². The zero-order valence-corrected chi connectivity index (χ0v) is 9.66. The van der Waals surface area contributed by atoms with Crippen molar-refractivity contribution in [2.45, 2.75) is 10.9 Å². The van der Waals surface area contributed by atoms with Crippen LogP contribution < -0.4 is 5.32 Å². The molecule has 0 radical (unpaired) electrons. The third kappa shape index (κ3) is 1.95. The Balaban J connectivity index is 2.41. The van der Waals surface area contributed by atoms with Gasteiger partial charge in [-0.05, 0) is 17.9 Å². The molecule has 1 aliphatic rings. The van der Waals surface area contributed by atoms with Gasteiger partial charge in [0.15, 0.2) is 0 Å². The van der Waals surface area contributed by atoms with Crippen LogP contribution in [-0.4, -0.2) is 12.6 Å². The molecule has 4 heteroatoms. The predicted octanol–water partition coefficient (Wildman–Crippen LogP) is 2.49. The summed E-state index contributed by atoms with van der Waals surface area (Å²) in [5.74, 6) is 0. The van der Waals surface area contributed by atoms with Gasteiger partial charge in [0.25, 0.3) is 0 Å². The summed E-state index contributed by atoms with van der Waals surface area (Å²) in [5, 5.41) is 12.2. The van der Waals surface area contributed by atoms with E-state index in [-0.39, 0.29) is 6.04 Å². The van der Waals surface area contributed by atoms with Gasteiger partial charge in [-0.1, -0.05) is 18.2 Å². The van der Waals surface area contributed by atoms with Crippen molar-refractivity contribution in [2.75, 3.05) is 6.26 Å². The van der Waals surface area contributed by atoms with Gasteiger partial charge < -0.3 is 5.32 Å². The summed E-state index contributed by atoms with van der Waals surface area (Å²) in [6.07, 6.45) is 5.27. The highest BCUT2D eigenvalue weighted by Gasteiger charge is 2.19. The fraction of sp³-hybridized carbons (Fsp3) is 0.167. The highest BCUT2D eigenvalue weighted by molar-refractivity contribution is 7.98. The Morgan fingerprint density at radius 1 is 1.44 bits per heavy atom. The van der Waals surface area contributed by atoms with Gasteiger partial charge >= 0.3 is 0 Å². The van der Waals surface area contributed by atoms with E-state index in [1.807, 2.05) is 24.5 Å². The average Bonchev–Trinajstić information content (AvgIpc) is 2.38. The number of benzene rings is 1. The molecule has 0 saturated carbocycles. The van der Waals surface area contributed by atoms with Gasteiger partial charge in [-0.3, -0.25) is 0 Å². The summed E-state index contributed by atoms with van der Waals surface area (Å²) in [7, 11) is 0. The van der Waals surface area contributed by atoms with Crippen LogP contribution in [0.4, 0.5) is 0 Å². The summed E-state index contributed by atoms with van der Waals surface area (Å²) < 4.78 is 0. The minimum absolute atomic E-state index is 0.0776. The number of nitrogens with one attached hydrogen (secondary N) is 1. The Morgan fingerprint density at radius 3 is 3.00 bits per heavy atom. The zero-order valence-electron chi connectivity index (χ0n) is 8.84. The summed E-state index contributed by atoms with van der Waals surface area (Å²) >= 11 is 1.68. The van der Waals surface area contributed by atoms with Crippen LogP contribution in [0.15, 0.2) is 45.9 Å². The molecule has 1 atom stereocenters. The first-order chi connectivity index (χ1) is 7.86. The van der Waals surface area contributed by atoms with Gasteiger partial charge in [-0.2, -0.15) is 5.26 Å². The van der Waals surface area contributed by atoms with Gasteiger partial charge in [0.2, 0.25) is 0 Å². The maximum atomic E-state index is 9.05. The van der Waals surface area contributed by atoms with Crippen LogP contribution in [0.1, 0.15) is 11.6 Å². The van der Waals surface area contributed by atoms with E-state index >= 15 is 0 Å². The third-order valence-corrected chi connectivity index (χ3v) is 3.23. The van der Waals surface area contributed by atoms with Gasteiger partial charge in [0, 0.05) is 11.1 Å². The van der Waals surface area contributed by atoms with E-state index in [2.05, 4.69) is 22.4 Å². The Labute approximate surface area is 98.9 Å². The number of nitrogens with zero attached hydrogens (tertiary/aromatic N) is 2. The second-order valence-electron chi connectivity index (χ2n) is 3.32. The lowest BCUT2D eigenvalue weighted by atomic mass is 10.00. The summed E-state index contributed by atoms with van der Waals surface area (Å²) in [5.41, 5.74) is 1.76. The smallest absolute Gasteiger partial charge is 0.0989 e. The van der Waals surface area contributed by atoms with Crippen molar-refractivity contribution in [3.63, 3.8) is 0 Å². The van der Waals surface area contributed by atoms with E-state index in [0.29, 0.717) is 5.57 Å². The minimum atomic E-state index is -0.0776. The Bertz CT molecular complexity index is 485. The van der Waals surface area contributed by atoms with Gasteiger partial charge in [0.1, 0.15) is 0 Å². The van der Waals surface area contributed by atoms with E-state index in [9.17, 15) is 0 Å². The van der Waals surface area contributed by atoms with Crippen LogP contribution in [0.5, 0.6) is 0 Å². The summed E-state index contributed by atoms with van der Waals surface area (Å²) in [6.45, 7) is 0. The molecule has 0 aliphatic carbocycles. The lowest BCUT2D eigenvalue weighted by Gasteiger charge is -2.20. The second-order valence-corrected chi connectivity index (χ2v) is 4.16. The highest BCUT2D eigenvalue weighted by Crippen LogP contribution is 2.30. The van der Waals surface area contributed by atoms with Gasteiger partial charge in [-0.15, -0.1) is 11.8 Å².